The van der Waals surface area contributed by atoms with Gasteiger partial charge in [0.15, 0.2) is 12.2 Å². The summed E-state index contributed by atoms with van der Waals surface area (Å²) in [6, 6.07) is -0.802. The largest absolute Gasteiger partial charge is 0.463 e. The lowest BCUT2D eigenvalue weighted by Crippen LogP contribution is -2.64. The summed E-state index contributed by atoms with van der Waals surface area (Å²) in [6.07, 6.45) is -2.96. The first-order valence-electron chi connectivity index (χ1n) is 7.16. The standard InChI is InChI=1S/C14H20BrNO8/c1-6(17)16-11-13(23-9(4)20)12(22-8(3)19)10(24-14(11)15)5-21-7(2)18/h10-14H,5H2,1-4H3,(H,16,17)/t10-,11-,12+,13-,14+/m1/s1. The van der Waals surface area contributed by atoms with E-state index in [2.05, 4.69) is 21.2 Å². The lowest BCUT2D eigenvalue weighted by molar-refractivity contribution is -0.211. The molecule has 0 aromatic carbocycles. The minimum atomic E-state index is -1.06. The van der Waals surface area contributed by atoms with Crippen molar-refractivity contribution in [1.82, 2.24) is 5.32 Å². The van der Waals surface area contributed by atoms with Gasteiger partial charge in [-0.2, -0.15) is 0 Å². The van der Waals surface area contributed by atoms with Crippen LogP contribution in [-0.4, -0.2) is 59.8 Å². The molecule has 0 aromatic heterocycles. The van der Waals surface area contributed by atoms with Crippen molar-refractivity contribution >= 4 is 39.7 Å². The first-order chi connectivity index (χ1) is 11.1. The van der Waals surface area contributed by atoms with Crippen LogP contribution in [0, 0.1) is 0 Å². The minimum Gasteiger partial charge on any atom is -0.463 e. The van der Waals surface area contributed by atoms with Crippen molar-refractivity contribution < 1.29 is 38.1 Å². The maximum absolute atomic E-state index is 11.4. The van der Waals surface area contributed by atoms with E-state index in [1.807, 2.05) is 0 Å². The summed E-state index contributed by atoms with van der Waals surface area (Å²) in [7, 11) is 0. The highest BCUT2D eigenvalue weighted by Crippen LogP contribution is 2.29. The zero-order chi connectivity index (χ0) is 18.4. The summed E-state index contributed by atoms with van der Waals surface area (Å²) in [5.41, 5.74) is 0. The van der Waals surface area contributed by atoms with Crippen molar-refractivity contribution in [3.63, 3.8) is 0 Å². The van der Waals surface area contributed by atoms with Gasteiger partial charge in [0, 0.05) is 27.7 Å². The number of alkyl halides is 1. The van der Waals surface area contributed by atoms with Crippen LogP contribution in [0.2, 0.25) is 0 Å². The molecule has 0 saturated carbocycles. The summed E-state index contributed by atoms with van der Waals surface area (Å²) < 4.78 is 21.0. The molecule has 0 unspecified atom stereocenters. The third-order valence-corrected chi connectivity index (χ3v) is 3.84. The van der Waals surface area contributed by atoms with Crippen LogP contribution in [-0.2, 0) is 38.1 Å². The minimum absolute atomic E-state index is 0.208. The summed E-state index contributed by atoms with van der Waals surface area (Å²) in [5.74, 6) is -2.19. The Labute approximate surface area is 147 Å². The van der Waals surface area contributed by atoms with Crippen LogP contribution in [0.3, 0.4) is 0 Å². The van der Waals surface area contributed by atoms with Gasteiger partial charge in [-0.05, 0) is 0 Å². The van der Waals surface area contributed by atoms with Gasteiger partial charge < -0.3 is 24.3 Å². The molecule has 1 aliphatic heterocycles. The molecule has 24 heavy (non-hydrogen) atoms. The number of hydrogen-bond acceptors (Lipinski definition) is 8. The average molecular weight is 410 g/mol. The number of ether oxygens (including phenoxy) is 4. The molecule has 5 atom stereocenters. The Kier molecular flexibility index (Phi) is 7.61. The number of carbonyl (C=O) groups is 4. The van der Waals surface area contributed by atoms with Gasteiger partial charge in [-0.3, -0.25) is 19.2 Å². The van der Waals surface area contributed by atoms with Gasteiger partial charge in [-0.15, -0.1) is 0 Å². The van der Waals surface area contributed by atoms with Crippen LogP contribution in [0.15, 0.2) is 0 Å². The number of carbonyl (C=O) groups excluding carboxylic acids is 4. The molecule has 0 aromatic rings. The first kappa shape index (κ1) is 20.4. The zero-order valence-electron chi connectivity index (χ0n) is 13.7. The SMILES string of the molecule is CC(=O)N[C@@H]1[C@@H](OC(C)=O)[C@@H](OC(C)=O)[C@@H](COC(C)=O)O[C@@H]1Br. The Bertz CT molecular complexity index is 511. The molecule has 136 valence electrons. The molecular weight excluding hydrogens is 390 g/mol. The van der Waals surface area contributed by atoms with Gasteiger partial charge in [-0.1, -0.05) is 15.9 Å². The van der Waals surface area contributed by atoms with Crippen LogP contribution in [0.1, 0.15) is 27.7 Å². The molecule has 9 nitrogen and oxygen atoms in total. The van der Waals surface area contributed by atoms with E-state index in [0.29, 0.717) is 0 Å². The first-order valence-corrected chi connectivity index (χ1v) is 8.07. The number of rotatable bonds is 5. The molecule has 1 amide bonds. The fraction of sp³-hybridized carbons (Fsp3) is 0.714. The normalized spacial score (nSPS) is 29.3. The molecule has 1 saturated heterocycles. The molecule has 0 bridgehead atoms. The van der Waals surface area contributed by atoms with Crippen molar-refractivity contribution in [2.24, 2.45) is 0 Å². The second-order valence-electron chi connectivity index (χ2n) is 5.20. The van der Waals surface area contributed by atoms with Gasteiger partial charge in [0.2, 0.25) is 5.91 Å². The molecule has 1 aliphatic rings. The predicted molar refractivity (Wildman–Crippen MR) is 82.9 cm³/mol. The Morgan fingerprint density at radius 3 is 1.96 bits per heavy atom. The van der Waals surface area contributed by atoms with E-state index >= 15 is 0 Å². The van der Waals surface area contributed by atoms with E-state index < -0.39 is 47.3 Å². The molecule has 1 heterocycles. The topological polar surface area (TPSA) is 117 Å². The monoisotopic (exact) mass is 409 g/mol. The smallest absolute Gasteiger partial charge is 0.303 e. The Morgan fingerprint density at radius 1 is 0.958 bits per heavy atom. The maximum atomic E-state index is 11.4. The van der Waals surface area contributed by atoms with E-state index in [0.717, 1.165) is 0 Å². The number of hydrogen-bond donors (Lipinski definition) is 1. The van der Waals surface area contributed by atoms with E-state index in [1.165, 1.54) is 27.7 Å². The molecule has 1 rings (SSSR count). The number of halogens is 1. The third kappa shape index (κ3) is 6.08. The highest BCUT2D eigenvalue weighted by atomic mass is 79.9. The molecule has 1 N–H and O–H groups in total. The molecular formula is C14H20BrNO8. The van der Waals surface area contributed by atoms with Crippen molar-refractivity contribution in [3.8, 4) is 0 Å². The molecule has 1 fully saturated rings. The number of nitrogens with one attached hydrogen (secondary N) is 1. The fourth-order valence-corrected chi connectivity index (χ4v) is 2.99. The van der Waals surface area contributed by atoms with Gasteiger partial charge in [0.1, 0.15) is 23.8 Å². The van der Waals surface area contributed by atoms with E-state index in [-0.39, 0.29) is 12.5 Å². The van der Waals surface area contributed by atoms with Crippen LogP contribution in [0.25, 0.3) is 0 Å². The lowest BCUT2D eigenvalue weighted by Gasteiger charge is -2.43. The van der Waals surface area contributed by atoms with Crippen LogP contribution in [0.4, 0.5) is 0 Å². The Morgan fingerprint density at radius 2 is 1.50 bits per heavy atom. The Balaban J connectivity index is 3.11. The van der Waals surface area contributed by atoms with Crippen molar-refractivity contribution in [3.05, 3.63) is 0 Å². The maximum Gasteiger partial charge on any atom is 0.303 e. The highest BCUT2D eigenvalue weighted by Gasteiger charge is 2.49. The van der Waals surface area contributed by atoms with Crippen LogP contribution < -0.4 is 5.32 Å². The van der Waals surface area contributed by atoms with Crippen molar-refractivity contribution in [1.29, 1.82) is 0 Å². The molecule has 0 radical (unpaired) electrons. The van der Waals surface area contributed by atoms with Crippen LogP contribution in [0.5, 0.6) is 0 Å². The van der Waals surface area contributed by atoms with Crippen LogP contribution >= 0.6 is 15.9 Å². The Hall–Kier alpha value is -1.68. The summed E-state index contributed by atoms with van der Waals surface area (Å²) in [5, 5.41) is 1.84. The zero-order valence-corrected chi connectivity index (χ0v) is 15.3. The van der Waals surface area contributed by atoms with Crippen molar-refractivity contribution in [2.45, 2.75) is 57.1 Å². The lowest BCUT2D eigenvalue weighted by atomic mass is 9.97. The van der Waals surface area contributed by atoms with Gasteiger partial charge in [0.25, 0.3) is 0 Å². The second-order valence-corrected chi connectivity index (χ2v) is 6.11. The van der Waals surface area contributed by atoms with Gasteiger partial charge >= 0.3 is 17.9 Å². The fourth-order valence-electron chi connectivity index (χ4n) is 2.28. The molecule has 0 spiro atoms. The summed E-state index contributed by atoms with van der Waals surface area (Å²) in [4.78, 5) is 45.3. The van der Waals surface area contributed by atoms with Crippen molar-refractivity contribution in [2.75, 3.05) is 6.61 Å². The predicted octanol–water partition coefficient (Wildman–Crippen LogP) is 0.0374. The highest BCUT2D eigenvalue weighted by molar-refractivity contribution is 9.09. The number of esters is 3. The van der Waals surface area contributed by atoms with E-state index in [1.54, 1.807) is 0 Å². The second kappa shape index (κ2) is 8.97. The summed E-state index contributed by atoms with van der Waals surface area (Å²) >= 11 is 3.25. The van der Waals surface area contributed by atoms with E-state index in [4.69, 9.17) is 18.9 Å². The number of amides is 1. The average Bonchev–Trinajstić information content (AvgIpc) is 2.42. The summed E-state index contributed by atoms with van der Waals surface area (Å²) in [6.45, 7) is 4.67. The third-order valence-electron chi connectivity index (χ3n) is 3.06. The quantitative estimate of drug-likeness (QED) is 0.384. The van der Waals surface area contributed by atoms with Gasteiger partial charge in [-0.25, -0.2) is 0 Å². The van der Waals surface area contributed by atoms with Gasteiger partial charge in [0.05, 0.1) is 0 Å². The van der Waals surface area contributed by atoms with E-state index in [9.17, 15) is 19.2 Å². The molecule has 0 aliphatic carbocycles. The molecule has 10 heteroatoms.